The van der Waals surface area contributed by atoms with Gasteiger partial charge in [-0.3, -0.25) is 0 Å². The van der Waals surface area contributed by atoms with Crippen LogP contribution in [0, 0.1) is 0 Å². The third-order valence-electron chi connectivity index (χ3n) is 11.7. The van der Waals surface area contributed by atoms with Gasteiger partial charge in [-0.15, -0.1) is 6.58 Å². The molecule has 53 heavy (non-hydrogen) atoms. The molecule has 8 aromatic rings. The molecule has 4 aromatic carbocycles. The van der Waals surface area contributed by atoms with Crippen molar-refractivity contribution < 1.29 is 8.98 Å². The first kappa shape index (κ1) is 33.0. The second-order valence-corrected chi connectivity index (χ2v) is 15.8. The molecule has 0 bridgehead atoms. The molecule has 0 amide bonds. The Hall–Kier alpha value is -5.87. The van der Waals surface area contributed by atoms with Crippen LogP contribution in [-0.2, 0) is 5.41 Å². The van der Waals surface area contributed by atoms with Gasteiger partial charge in [0.15, 0.2) is 12.2 Å². The molecule has 3 atom stereocenters. The average molecular weight is 693 g/mol. The summed E-state index contributed by atoms with van der Waals surface area (Å²) in [5.74, 6) is 0.0988. The molecule has 1 aliphatic heterocycles. The van der Waals surface area contributed by atoms with Crippen molar-refractivity contribution in [3.63, 3.8) is 0 Å². The number of rotatable bonds is 7. The number of benzene rings is 4. The Morgan fingerprint density at radius 1 is 0.868 bits per heavy atom. The number of pyridine rings is 1. The molecule has 0 saturated heterocycles. The van der Waals surface area contributed by atoms with Crippen LogP contribution >= 0.6 is 0 Å². The average Bonchev–Trinajstić information content (AvgIpc) is 3.79. The molecule has 0 N–H and O–H groups in total. The van der Waals surface area contributed by atoms with E-state index < -0.39 is 0 Å². The number of nitrogens with zero attached hydrogens (tertiary/aromatic N) is 3. The second kappa shape index (κ2) is 12.1. The van der Waals surface area contributed by atoms with Crippen molar-refractivity contribution in [1.29, 1.82) is 0 Å². The lowest BCUT2D eigenvalue weighted by Crippen LogP contribution is -2.52. The summed E-state index contributed by atoms with van der Waals surface area (Å²) in [6.07, 6.45) is 13.1. The Morgan fingerprint density at radius 2 is 1.62 bits per heavy atom. The zero-order chi connectivity index (χ0) is 36.8. The first-order valence-electron chi connectivity index (χ1n) is 18.7. The molecule has 0 aliphatic carbocycles. The van der Waals surface area contributed by atoms with Gasteiger partial charge in [0.2, 0.25) is 5.69 Å². The Labute approximate surface area is 311 Å². The molecular formula is C49H46N3O+. The lowest BCUT2D eigenvalue weighted by molar-refractivity contribution is -0.709. The summed E-state index contributed by atoms with van der Waals surface area (Å²) >= 11 is 0. The normalized spacial score (nSPS) is 17.0. The van der Waals surface area contributed by atoms with Crippen molar-refractivity contribution in [3.8, 4) is 11.3 Å². The highest BCUT2D eigenvalue weighted by Gasteiger charge is 2.45. The summed E-state index contributed by atoms with van der Waals surface area (Å²) in [5, 5.41) is 6.02. The molecule has 0 fully saturated rings. The number of allylic oxidation sites excluding steroid dienone is 2. The van der Waals surface area contributed by atoms with Crippen LogP contribution in [0.1, 0.15) is 69.0 Å². The predicted molar refractivity (Wildman–Crippen MR) is 224 cm³/mol. The zero-order valence-corrected chi connectivity index (χ0v) is 31.5. The van der Waals surface area contributed by atoms with Crippen molar-refractivity contribution >= 4 is 61.3 Å². The summed E-state index contributed by atoms with van der Waals surface area (Å²) in [6, 6.07) is 33.3. The van der Waals surface area contributed by atoms with Crippen LogP contribution in [0.15, 0.2) is 139 Å². The Kier molecular flexibility index (Phi) is 7.53. The molecule has 262 valence electrons. The SMILES string of the molecule is C=Cc1c(C=C(C)C2C(C(C=C)N(C)/C=C\C)c3ccccc3-c3cccc[n+]32)n2c3cc4oc5ccccc5c4cc3c3cc(C(C)(C)C)cc1c32. The van der Waals surface area contributed by atoms with E-state index in [2.05, 4.69) is 190 Å². The Balaban J connectivity index is 1.36. The standard InChI is InChI=1S/C49H46N3O/c1-9-23-50(8)40(11-3)46-35-20-13-12-18-33(35)41-21-16-17-24-51(41)47(46)30(4)25-42-32(10-2)38-26-31(49(5,6)7)27-39-36-28-37-34-19-14-15-22-44(34)53-45(37)29-43(36)52(42)48(38)39/h9-29,40,46-47H,2-3H2,1,4-8H3/q+1/b23-9-,30-25?. The fourth-order valence-corrected chi connectivity index (χ4v) is 9.23. The van der Waals surface area contributed by atoms with Gasteiger partial charge in [-0.2, -0.15) is 4.57 Å². The first-order valence-corrected chi connectivity index (χ1v) is 18.7. The molecule has 4 nitrogen and oxygen atoms in total. The van der Waals surface area contributed by atoms with Gasteiger partial charge in [0.25, 0.3) is 0 Å². The first-order chi connectivity index (χ1) is 25.6. The van der Waals surface area contributed by atoms with E-state index in [1.54, 1.807) is 0 Å². The van der Waals surface area contributed by atoms with E-state index in [-0.39, 0.29) is 23.4 Å². The fraction of sp³-hybridized carbons (Fsp3) is 0.204. The van der Waals surface area contributed by atoms with Crippen molar-refractivity contribution in [2.75, 3.05) is 7.05 Å². The molecule has 0 radical (unpaired) electrons. The third-order valence-corrected chi connectivity index (χ3v) is 11.7. The van der Waals surface area contributed by atoms with Gasteiger partial charge in [0.1, 0.15) is 11.2 Å². The highest BCUT2D eigenvalue weighted by Crippen LogP contribution is 2.47. The summed E-state index contributed by atoms with van der Waals surface area (Å²) in [4.78, 5) is 2.30. The molecule has 9 rings (SSSR count). The van der Waals surface area contributed by atoms with E-state index in [1.165, 1.54) is 49.6 Å². The van der Waals surface area contributed by atoms with E-state index in [4.69, 9.17) is 4.42 Å². The molecule has 5 heterocycles. The van der Waals surface area contributed by atoms with Crippen LogP contribution in [0.25, 0.3) is 72.5 Å². The van der Waals surface area contributed by atoms with Gasteiger partial charge in [0, 0.05) is 63.3 Å². The molecule has 4 aromatic heterocycles. The molecule has 0 saturated carbocycles. The fourth-order valence-electron chi connectivity index (χ4n) is 9.23. The van der Waals surface area contributed by atoms with Gasteiger partial charge in [-0.05, 0) is 84.6 Å². The maximum absolute atomic E-state index is 6.50. The molecule has 4 heteroatoms. The maximum atomic E-state index is 6.50. The van der Waals surface area contributed by atoms with E-state index in [1.807, 2.05) is 6.07 Å². The quantitative estimate of drug-likeness (QED) is 0.123. The minimum atomic E-state index is -0.0337. The van der Waals surface area contributed by atoms with Crippen molar-refractivity contribution in [2.45, 2.75) is 58.0 Å². The van der Waals surface area contributed by atoms with Gasteiger partial charge >= 0.3 is 0 Å². The summed E-state index contributed by atoms with van der Waals surface area (Å²) in [7, 11) is 2.16. The molecule has 1 aliphatic rings. The Bertz CT molecular complexity index is 2820. The van der Waals surface area contributed by atoms with Gasteiger partial charge in [-0.1, -0.05) is 82.0 Å². The van der Waals surface area contributed by atoms with E-state index in [0.717, 1.165) is 38.7 Å². The van der Waals surface area contributed by atoms with Crippen LogP contribution < -0.4 is 4.57 Å². The van der Waals surface area contributed by atoms with Gasteiger partial charge in [-0.25, -0.2) is 0 Å². The molecule has 0 spiro atoms. The minimum Gasteiger partial charge on any atom is -0.456 e. The number of para-hydroxylation sites is 1. The van der Waals surface area contributed by atoms with E-state index >= 15 is 0 Å². The van der Waals surface area contributed by atoms with Crippen LogP contribution in [0.5, 0.6) is 0 Å². The number of hydrogen-bond donors (Lipinski definition) is 0. The van der Waals surface area contributed by atoms with E-state index in [0.29, 0.717) is 0 Å². The maximum Gasteiger partial charge on any atom is 0.213 e. The summed E-state index contributed by atoms with van der Waals surface area (Å²) < 4.78 is 11.4. The monoisotopic (exact) mass is 692 g/mol. The topological polar surface area (TPSA) is 24.7 Å². The Morgan fingerprint density at radius 3 is 2.40 bits per heavy atom. The van der Waals surface area contributed by atoms with Crippen LogP contribution in [0.2, 0.25) is 0 Å². The number of hydrogen-bond acceptors (Lipinski definition) is 2. The van der Waals surface area contributed by atoms with Crippen molar-refractivity contribution in [1.82, 2.24) is 9.30 Å². The van der Waals surface area contributed by atoms with Gasteiger partial charge < -0.3 is 13.7 Å². The molecule has 3 unspecified atom stereocenters. The number of fused-ring (bicyclic) bond motifs is 9. The lowest BCUT2D eigenvalue weighted by atomic mass is 9.75. The lowest BCUT2D eigenvalue weighted by Gasteiger charge is -2.38. The smallest absolute Gasteiger partial charge is 0.213 e. The van der Waals surface area contributed by atoms with Crippen LogP contribution in [0.4, 0.5) is 0 Å². The largest absolute Gasteiger partial charge is 0.456 e. The highest BCUT2D eigenvalue weighted by molar-refractivity contribution is 6.21. The number of furan rings is 1. The zero-order valence-electron chi connectivity index (χ0n) is 31.5. The van der Waals surface area contributed by atoms with Crippen molar-refractivity contribution in [3.05, 3.63) is 157 Å². The number of aromatic nitrogens is 2. The number of likely N-dealkylation sites (N-methyl/N-ethyl adjacent to an activating group) is 1. The van der Waals surface area contributed by atoms with Crippen molar-refractivity contribution in [2.24, 2.45) is 0 Å². The van der Waals surface area contributed by atoms with Crippen LogP contribution in [0.3, 0.4) is 0 Å². The third kappa shape index (κ3) is 4.85. The minimum absolute atomic E-state index is 0.0172. The molecular weight excluding hydrogens is 647 g/mol. The summed E-state index contributed by atoms with van der Waals surface area (Å²) in [5.41, 5.74) is 12.8. The predicted octanol–water partition coefficient (Wildman–Crippen LogP) is 12.2. The van der Waals surface area contributed by atoms with E-state index in [9.17, 15) is 0 Å². The van der Waals surface area contributed by atoms with Crippen LogP contribution in [-0.4, -0.2) is 22.4 Å². The highest BCUT2D eigenvalue weighted by atomic mass is 16.3. The summed E-state index contributed by atoms with van der Waals surface area (Å²) in [6.45, 7) is 20.1. The van der Waals surface area contributed by atoms with Gasteiger partial charge in [0.05, 0.1) is 28.7 Å². The second-order valence-electron chi connectivity index (χ2n) is 15.8.